The Kier molecular flexibility index (Phi) is 2.65. The SMILES string of the molecule is CN1CCc2c(cncc2C2CCNC2)C1. The van der Waals surface area contributed by atoms with Gasteiger partial charge in [-0.25, -0.2) is 0 Å². The lowest BCUT2D eigenvalue weighted by Gasteiger charge is -2.27. The molecule has 86 valence electrons. The summed E-state index contributed by atoms with van der Waals surface area (Å²) in [5.74, 6) is 0.700. The molecule has 0 amide bonds. The number of hydrogen-bond donors (Lipinski definition) is 1. The van der Waals surface area contributed by atoms with Gasteiger partial charge in [-0.15, -0.1) is 0 Å². The summed E-state index contributed by atoms with van der Waals surface area (Å²) in [6.45, 7) is 4.54. The summed E-state index contributed by atoms with van der Waals surface area (Å²) in [5.41, 5.74) is 4.54. The van der Waals surface area contributed by atoms with Crippen molar-refractivity contribution in [2.75, 3.05) is 26.7 Å². The topological polar surface area (TPSA) is 28.2 Å². The fraction of sp³-hybridized carbons (Fsp3) is 0.615. The maximum Gasteiger partial charge on any atom is 0.0315 e. The van der Waals surface area contributed by atoms with Crippen LogP contribution in [-0.2, 0) is 13.0 Å². The van der Waals surface area contributed by atoms with E-state index in [2.05, 4.69) is 34.6 Å². The van der Waals surface area contributed by atoms with Crippen LogP contribution >= 0.6 is 0 Å². The van der Waals surface area contributed by atoms with E-state index in [-0.39, 0.29) is 0 Å². The second kappa shape index (κ2) is 4.15. The van der Waals surface area contributed by atoms with Crippen molar-refractivity contribution < 1.29 is 0 Å². The van der Waals surface area contributed by atoms with Crippen LogP contribution in [0, 0.1) is 0 Å². The Morgan fingerprint density at radius 3 is 3.19 bits per heavy atom. The van der Waals surface area contributed by atoms with E-state index in [0.717, 1.165) is 19.6 Å². The first-order chi connectivity index (χ1) is 7.84. The van der Waals surface area contributed by atoms with Crippen LogP contribution in [0.25, 0.3) is 0 Å². The van der Waals surface area contributed by atoms with Gasteiger partial charge in [0, 0.05) is 32.0 Å². The number of hydrogen-bond acceptors (Lipinski definition) is 3. The van der Waals surface area contributed by atoms with Gasteiger partial charge in [0.2, 0.25) is 0 Å². The molecular weight excluding hydrogens is 198 g/mol. The summed E-state index contributed by atoms with van der Waals surface area (Å²) in [7, 11) is 2.19. The molecule has 0 aliphatic carbocycles. The molecule has 1 N–H and O–H groups in total. The quantitative estimate of drug-likeness (QED) is 0.765. The molecule has 0 radical (unpaired) electrons. The molecule has 1 fully saturated rings. The van der Waals surface area contributed by atoms with Gasteiger partial charge >= 0.3 is 0 Å². The number of pyridine rings is 1. The Balaban J connectivity index is 1.96. The van der Waals surface area contributed by atoms with E-state index < -0.39 is 0 Å². The van der Waals surface area contributed by atoms with Gasteiger partial charge in [0.15, 0.2) is 0 Å². The lowest BCUT2D eigenvalue weighted by Crippen LogP contribution is -2.28. The monoisotopic (exact) mass is 217 g/mol. The number of likely N-dealkylation sites (N-methyl/N-ethyl adjacent to an activating group) is 1. The molecule has 0 bridgehead atoms. The van der Waals surface area contributed by atoms with Crippen molar-refractivity contribution in [1.82, 2.24) is 15.2 Å². The van der Waals surface area contributed by atoms with Crippen molar-refractivity contribution in [2.45, 2.75) is 25.3 Å². The van der Waals surface area contributed by atoms with Crippen molar-refractivity contribution in [1.29, 1.82) is 0 Å². The van der Waals surface area contributed by atoms with Crippen LogP contribution in [0.5, 0.6) is 0 Å². The van der Waals surface area contributed by atoms with Crippen LogP contribution in [0.4, 0.5) is 0 Å². The highest BCUT2D eigenvalue weighted by atomic mass is 15.1. The van der Waals surface area contributed by atoms with E-state index in [1.165, 1.54) is 30.5 Å². The molecule has 1 atom stereocenters. The molecule has 2 aliphatic rings. The molecule has 16 heavy (non-hydrogen) atoms. The van der Waals surface area contributed by atoms with Gasteiger partial charge in [0.25, 0.3) is 0 Å². The van der Waals surface area contributed by atoms with Crippen LogP contribution in [0.3, 0.4) is 0 Å². The third-order valence-electron chi connectivity index (χ3n) is 3.86. The first-order valence-corrected chi connectivity index (χ1v) is 6.19. The van der Waals surface area contributed by atoms with Crippen LogP contribution in [-0.4, -0.2) is 36.6 Å². The fourth-order valence-corrected chi connectivity index (χ4v) is 2.93. The summed E-state index contributed by atoms with van der Waals surface area (Å²) in [5, 5.41) is 3.45. The Morgan fingerprint density at radius 1 is 1.44 bits per heavy atom. The van der Waals surface area contributed by atoms with E-state index in [1.807, 2.05) is 0 Å². The van der Waals surface area contributed by atoms with Crippen molar-refractivity contribution in [3.63, 3.8) is 0 Å². The largest absolute Gasteiger partial charge is 0.316 e. The van der Waals surface area contributed by atoms with Gasteiger partial charge in [-0.2, -0.15) is 0 Å². The summed E-state index contributed by atoms with van der Waals surface area (Å²) < 4.78 is 0. The number of nitrogens with one attached hydrogen (secondary N) is 1. The number of fused-ring (bicyclic) bond motifs is 1. The highest BCUT2D eigenvalue weighted by molar-refractivity contribution is 5.36. The molecule has 3 rings (SSSR count). The Labute approximate surface area is 96.9 Å². The van der Waals surface area contributed by atoms with Gasteiger partial charge in [-0.3, -0.25) is 4.98 Å². The molecule has 0 aromatic carbocycles. The minimum Gasteiger partial charge on any atom is -0.316 e. The molecular formula is C13H19N3. The zero-order valence-corrected chi connectivity index (χ0v) is 9.87. The van der Waals surface area contributed by atoms with Gasteiger partial charge in [-0.1, -0.05) is 0 Å². The lowest BCUT2D eigenvalue weighted by molar-refractivity contribution is 0.311. The zero-order valence-electron chi connectivity index (χ0n) is 9.87. The number of rotatable bonds is 1. The molecule has 1 aromatic rings. The number of aromatic nitrogens is 1. The molecule has 3 heteroatoms. The molecule has 1 aromatic heterocycles. The van der Waals surface area contributed by atoms with Crippen molar-refractivity contribution in [3.8, 4) is 0 Å². The Morgan fingerprint density at radius 2 is 2.38 bits per heavy atom. The standard InChI is InChI=1S/C13H19N3/c1-16-5-3-12-11(9-16)7-15-8-13(12)10-2-4-14-6-10/h7-8,10,14H,2-6,9H2,1H3. The predicted molar refractivity (Wildman–Crippen MR) is 64.5 cm³/mol. The highest BCUT2D eigenvalue weighted by Crippen LogP contribution is 2.29. The summed E-state index contributed by atoms with van der Waals surface area (Å²) in [6, 6.07) is 0. The van der Waals surface area contributed by atoms with Gasteiger partial charge in [0.1, 0.15) is 0 Å². The second-order valence-electron chi connectivity index (χ2n) is 5.04. The van der Waals surface area contributed by atoms with Crippen molar-refractivity contribution >= 4 is 0 Å². The zero-order chi connectivity index (χ0) is 11.0. The average Bonchev–Trinajstić information content (AvgIpc) is 2.81. The normalized spacial score (nSPS) is 25.7. The van der Waals surface area contributed by atoms with Crippen LogP contribution < -0.4 is 5.32 Å². The van der Waals surface area contributed by atoms with Gasteiger partial charge in [-0.05, 0) is 49.0 Å². The first kappa shape index (κ1) is 10.2. The minimum atomic E-state index is 0.700. The van der Waals surface area contributed by atoms with Crippen molar-refractivity contribution in [3.05, 3.63) is 29.1 Å². The maximum absolute atomic E-state index is 4.42. The van der Waals surface area contributed by atoms with E-state index in [9.17, 15) is 0 Å². The maximum atomic E-state index is 4.42. The first-order valence-electron chi connectivity index (χ1n) is 6.19. The number of nitrogens with zero attached hydrogens (tertiary/aromatic N) is 2. The average molecular weight is 217 g/mol. The molecule has 2 aliphatic heterocycles. The van der Waals surface area contributed by atoms with E-state index in [0.29, 0.717) is 5.92 Å². The second-order valence-corrected chi connectivity index (χ2v) is 5.04. The fourth-order valence-electron chi connectivity index (χ4n) is 2.93. The summed E-state index contributed by atoms with van der Waals surface area (Å²) in [4.78, 5) is 6.80. The molecule has 0 spiro atoms. The van der Waals surface area contributed by atoms with E-state index >= 15 is 0 Å². The molecule has 1 unspecified atom stereocenters. The smallest absolute Gasteiger partial charge is 0.0315 e. The minimum absolute atomic E-state index is 0.700. The predicted octanol–water partition coefficient (Wildman–Crippen LogP) is 1.15. The van der Waals surface area contributed by atoms with E-state index in [1.54, 1.807) is 5.56 Å². The summed E-state index contributed by atoms with van der Waals surface area (Å²) >= 11 is 0. The van der Waals surface area contributed by atoms with Crippen molar-refractivity contribution in [2.24, 2.45) is 0 Å². The lowest BCUT2D eigenvalue weighted by atomic mass is 9.89. The Bertz CT molecular complexity index is 383. The Hall–Kier alpha value is -0.930. The molecule has 1 saturated heterocycles. The third kappa shape index (κ3) is 1.74. The van der Waals surface area contributed by atoms with Gasteiger partial charge in [0.05, 0.1) is 0 Å². The van der Waals surface area contributed by atoms with Gasteiger partial charge < -0.3 is 10.2 Å². The third-order valence-corrected chi connectivity index (χ3v) is 3.86. The highest BCUT2D eigenvalue weighted by Gasteiger charge is 2.23. The molecule has 3 heterocycles. The molecule has 0 saturated carbocycles. The van der Waals surface area contributed by atoms with Crippen LogP contribution in [0.15, 0.2) is 12.4 Å². The van der Waals surface area contributed by atoms with Crippen LogP contribution in [0.1, 0.15) is 29.0 Å². The molecule has 3 nitrogen and oxygen atoms in total. The summed E-state index contributed by atoms with van der Waals surface area (Å²) in [6.07, 6.45) is 6.62. The van der Waals surface area contributed by atoms with E-state index in [4.69, 9.17) is 0 Å². The van der Waals surface area contributed by atoms with Crippen LogP contribution in [0.2, 0.25) is 0 Å².